The predicted molar refractivity (Wildman–Crippen MR) is 156 cm³/mol. The number of nitrogens with one attached hydrogen (secondary N) is 2. The maximum atomic E-state index is 13.3. The molecule has 1 fully saturated rings. The van der Waals surface area contributed by atoms with E-state index >= 15 is 0 Å². The number of nitrogens with zero attached hydrogens (tertiary/aromatic N) is 2. The molecule has 7 nitrogen and oxygen atoms in total. The summed E-state index contributed by atoms with van der Waals surface area (Å²) in [5.41, 5.74) is 5.18. The summed E-state index contributed by atoms with van der Waals surface area (Å²) in [5, 5.41) is 5.83. The van der Waals surface area contributed by atoms with E-state index in [1.165, 1.54) is 32.4 Å². The number of likely N-dealkylation sites (N-methyl/N-ethyl adjacent to an activating group) is 1. The summed E-state index contributed by atoms with van der Waals surface area (Å²) in [6.07, 6.45) is 3.40. The number of likely N-dealkylation sites (tertiary alicyclic amines) is 1. The maximum Gasteiger partial charge on any atom is 0.265 e. The lowest BCUT2D eigenvalue weighted by Gasteiger charge is -2.30. The third kappa shape index (κ3) is 6.67. The van der Waals surface area contributed by atoms with Crippen molar-refractivity contribution in [1.29, 1.82) is 0 Å². The summed E-state index contributed by atoms with van der Waals surface area (Å²) in [6, 6.07) is 21.6. The van der Waals surface area contributed by atoms with Gasteiger partial charge in [0.15, 0.2) is 6.10 Å². The van der Waals surface area contributed by atoms with Crippen molar-refractivity contribution in [3.05, 3.63) is 77.9 Å². The van der Waals surface area contributed by atoms with Crippen molar-refractivity contribution in [2.45, 2.75) is 45.8 Å². The smallest absolute Gasteiger partial charge is 0.265 e. The molecule has 0 radical (unpaired) electrons. The van der Waals surface area contributed by atoms with Gasteiger partial charge in [0.1, 0.15) is 5.75 Å². The van der Waals surface area contributed by atoms with Gasteiger partial charge in [0.25, 0.3) is 11.8 Å². The molecule has 2 amide bonds. The second-order valence-electron chi connectivity index (χ2n) is 10.4. The number of amides is 2. The fourth-order valence-corrected chi connectivity index (χ4v) is 5.31. The minimum absolute atomic E-state index is 0.191. The van der Waals surface area contributed by atoms with Crippen LogP contribution in [0.1, 0.15) is 49.0 Å². The lowest BCUT2D eigenvalue weighted by atomic mass is 9.96. The largest absolute Gasteiger partial charge is 0.479 e. The Kier molecular flexibility index (Phi) is 8.59. The maximum absolute atomic E-state index is 13.3. The quantitative estimate of drug-likeness (QED) is 0.378. The van der Waals surface area contributed by atoms with Crippen molar-refractivity contribution < 1.29 is 14.3 Å². The Morgan fingerprint density at radius 3 is 2.62 bits per heavy atom. The number of rotatable bonds is 9. The Bertz CT molecular complexity index is 1300. The molecule has 204 valence electrons. The first-order valence-corrected chi connectivity index (χ1v) is 14.1. The van der Waals surface area contributed by atoms with E-state index in [1.807, 2.05) is 30.3 Å². The van der Waals surface area contributed by atoms with Crippen LogP contribution in [0.5, 0.6) is 5.75 Å². The van der Waals surface area contributed by atoms with Gasteiger partial charge in [-0.25, -0.2) is 0 Å². The topological polar surface area (TPSA) is 73.9 Å². The molecule has 39 heavy (non-hydrogen) atoms. The van der Waals surface area contributed by atoms with Gasteiger partial charge in [-0.1, -0.05) is 49.7 Å². The van der Waals surface area contributed by atoms with E-state index in [4.69, 9.17) is 4.74 Å². The van der Waals surface area contributed by atoms with E-state index < -0.39 is 6.10 Å². The molecular weight excluding hydrogens is 488 g/mol. The Morgan fingerprint density at radius 2 is 1.85 bits per heavy atom. The van der Waals surface area contributed by atoms with Crippen LogP contribution in [-0.2, 0) is 11.3 Å². The third-order valence-electron chi connectivity index (χ3n) is 7.64. The highest BCUT2D eigenvalue weighted by atomic mass is 16.5. The van der Waals surface area contributed by atoms with Crippen LogP contribution >= 0.6 is 0 Å². The molecule has 0 aliphatic carbocycles. The van der Waals surface area contributed by atoms with Crippen molar-refractivity contribution >= 4 is 23.2 Å². The van der Waals surface area contributed by atoms with Crippen LogP contribution in [0.25, 0.3) is 11.1 Å². The summed E-state index contributed by atoms with van der Waals surface area (Å²) >= 11 is 0. The summed E-state index contributed by atoms with van der Waals surface area (Å²) in [7, 11) is 0. The number of piperidine rings is 1. The minimum Gasteiger partial charge on any atom is -0.479 e. The van der Waals surface area contributed by atoms with E-state index in [-0.39, 0.29) is 11.8 Å². The van der Waals surface area contributed by atoms with E-state index in [2.05, 4.69) is 45.6 Å². The van der Waals surface area contributed by atoms with Gasteiger partial charge in [-0.15, -0.1) is 0 Å². The summed E-state index contributed by atoms with van der Waals surface area (Å²) < 4.78 is 5.63. The van der Waals surface area contributed by atoms with Crippen molar-refractivity contribution in [3.8, 4) is 16.9 Å². The first-order chi connectivity index (χ1) is 19.0. The van der Waals surface area contributed by atoms with Crippen LogP contribution < -0.4 is 15.4 Å². The van der Waals surface area contributed by atoms with Crippen molar-refractivity contribution in [2.24, 2.45) is 0 Å². The standard InChI is InChI=1S/C32H38N4O3/c1-3-35(18-19-36-16-8-5-9-17-36)22-26-20-25(12-14-28(26)24-10-6-4-7-11-24)32(38)33-27-13-15-30-29(21-27)34-31(37)23(2)39-30/h4,6-7,10-15,20-21,23H,3,5,8-9,16-19,22H2,1-2H3,(H,33,38)(H,34,37). The fourth-order valence-electron chi connectivity index (χ4n) is 5.31. The first kappa shape index (κ1) is 26.9. The fraction of sp³-hybridized carbons (Fsp3) is 0.375. The van der Waals surface area contributed by atoms with Gasteiger partial charge >= 0.3 is 0 Å². The Labute approximate surface area is 231 Å². The second kappa shape index (κ2) is 12.5. The predicted octanol–water partition coefficient (Wildman–Crippen LogP) is 5.63. The molecule has 3 aromatic carbocycles. The van der Waals surface area contributed by atoms with Crippen molar-refractivity contribution in [2.75, 3.05) is 43.4 Å². The van der Waals surface area contributed by atoms with Gasteiger partial charge in [0, 0.05) is 30.9 Å². The summed E-state index contributed by atoms with van der Waals surface area (Å²) in [6.45, 7) is 10.1. The molecular formula is C32H38N4O3. The number of carbonyl (C=O) groups excluding carboxylic acids is 2. The summed E-state index contributed by atoms with van der Waals surface area (Å²) in [5.74, 6) is 0.204. The molecule has 3 aromatic rings. The van der Waals surface area contributed by atoms with E-state index in [0.717, 1.165) is 42.9 Å². The van der Waals surface area contributed by atoms with Crippen molar-refractivity contribution in [3.63, 3.8) is 0 Å². The molecule has 2 aliphatic rings. The number of carbonyl (C=O) groups is 2. The number of ether oxygens (including phenoxy) is 1. The molecule has 1 unspecified atom stereocenters. The normalized spacial score (nSPS) is 17.3. The van der Waals surface area contributed by atoms with E-state index in [1.54, 1.807) is 25.1 Å². The number of hydrogen-bond donors (Lipinski definition) is 2. The molecule has 0 bridgehead atoms. The number of fused-ring (bicyclic) bond motifs is 1. The highest BCUT2D eigenvalue weighted by Crippen LogP contribution is 2.32. The zero-order chi connectivity index (χ0) is 27.2. The van der Waals surface area contributed by atoms with Crippen LogP contribution in [0, 0.1) is 0 Å². The molecule has 1 saturated heterocycles. The average molecular weight is 527 g/mol. The van der Waals surface area contributed by atoms with Gasteiger partial charge in [0.2, 0.25) is 0 Å². The average Bonchev–Trinajstić information content (AvgIpc) is 2.97. The molecule has 7 heteroatoms. The van der Waals surface area contributed by atoms with Crippen LogP contribution in [0.4, 0.5) is 11.4 Å². The molecule has 2 aliphatic heterocycles. The van der Waals surface area contributed by atoms with Crippen LogP contribution in [0.15, 0.2) is 66.7 Å². The molecule has 2 heterocycles. The zero-order valence-electron chi connectivity index (χ0n) is 22.9. The first-order valence-electron chi connectivity index (χ1n) is 14.1. The monoisotopic (exact) mass is 526 g/mol. The van der Waals surface area contributed by atoms with Gasteiger partial charge in [-0.05, 0) is 86.4 Å². The number of hydrogen-bond acceptors (Lipinski definition) is 5. The van der Waals surface area contributed by atoms with Crippen molar-refractivity contribution in [1.82, 2.24) is 9.80 Å². The second-order valence-corrected chi connectivity index (χ2v) is 10.4. The Hall–Kier alpha value is -3.68. The Morgan fingerprint density at radius 1 is 1.05 bits per heavy atom. The van der Waals surface area contributed by atoms with Crippen LogP contribution in [0.3, 0.4) is 0 Å². The van der Waals surface area contributed by atoms with Crippen LogP contribution in [0.2, 0.25) is 0 Å². The van der Waals surface area contributed by atoms with Crippen LogP contribution in [-0.4, -0.2) is 60.4 Å². The molecule has 1 atom stereocenters. The molecule has 5 rings (SSSR count). The highest BCUT2D eigenvalue weighted by molar-refractivity contribution is 6.05. The van der Waals surface area contributed by atoms with Gasteiger partial charge in [-0.2, -0.15) is 0 Å². The lowest BCUT2D eigenvalue weighted by Crippen LogP contribution is -2.37. The summed E-state index contributed by atoms with van der Waals surface area (Å²) in [4.78, 5) is 30.4. The number of benzene rings is 3. The lowest BCUT2D eigenvalue weighted by molar-refractivity contribution is -0.122. The highest BCUT2D eigenvalue weighted by Gasteiger charge is 2.24. The molecule has 0 spiro atoms. The van der Waals surface area contributed by atoms with E-state index in [0.29, 0.717) is 22.7 Å². The SMILES string of the molecule is CCN(CCN1CCCCC1)Cc1cc(C(=O)Nc2ccc3c(c2)NC(=O)C(C)O3)ccc1-c1ccccc1. The third-order valence-corrected chi connectivity index (χ3v) is 7.64. The zero-order valence-corrected chi connectivity index (χ0v) is 22.9. The van der Waals surface area contributed by atoms with E-state index in [9.17, 15) is 9.59 Å². The van der Waals surface area contributed by atoms with Gasteiger partial charge in [0.05, 0.1) is 5.69 Å². The molecule has 0 aromatic heterocycles. The Balaban J connectivity index is 1.35. The molecule has 2 N–H and O–H groups in total. The van der Waals surface area contributed by atoms with Gasteiger partial charge < -0.3 is 20.3 Å². The molecule has 0 saturated carbocycles. The minimum atomic E-state index is -0.540. The number of anilines is 2. The van der Waals surface area contributed by atoms with Gasteiger partial charge in [-0.3, -0.25) is 14.5 Å².